The molecule has 9 heteroatoms. The summed E-state index contributed by atoms with van der Waals surface area (Å²) >= 11 is 1.30. The van der Waals surface area contributed by atoms with Gasteiger partial charge >= 0.3 is 12.0 Å². The molecule has 0 saturated carbocycles. The normalized spacial score (nSPS) is 12.2. The van der Waals surface area contributed by atoms with Gasteiger partial charge < -0.3 is 15.5 Å². The Balaban J connectivity index is 2.31. The van der Waals surface area contributed by atoms with Crippen LogP contribution in [0, 0.1) is 5.92 Å². The van der Waals surface area contributed by atoms with Gasteiger partial charge in [-0.05, 0) is 5.92 Å². The smallest absolute Gasteiger partial charge is 0.332 e. The molecule has 1 atom stereocenters. The summed E-state index contributed by atoms with van der Waals surface area (Å²) in [6.07, 6.45) is -0.738. The fourth-order valence-corrected chi connectivity index (χ4v) is 2.27. The fraction of sp³-hybridized carbons (Fsp3) is 0.636. The molecular formula is C11H18N4O4S. The number of hydrogen-bond acceptors (Lipinski definition) is 6. The highest BCUT2D eigenvalue weighted by atomic mass is 32.1. The zero-order valence-corrected chi connectivity index (χ0v) is 12.1. The Morgan fingerprint density at radius 2 is 2.05 bits per heavy atom. The van der Waals surface area contributed by atoms with Crippen LogP contribution >= 0.6 is 11.3 Å². The largest absolute Gasteiger partial charge is 0.479 e. The van der Waals surface area contributed by atoms with Crippen LogP contribution in [0.2, 0.25) is 0 Å². The van der Waals surface area contributed by atoms with Gasteiger partial charge in [-0.15, -0.1) is 10.2 Å². The van der Waals surface area contributed by atoms with E-state index in [1.54, 1.807) is 0 Å². The summed E-state index contributed by atoms with van der Waals surface area (Å²) < 4.78 is 0. The highest BCUT2D eigenvalue weighted by Crippen LogP contribution is 2.17. The third kappa shape index (κ3) is 5.93. The summed E-state index contributed by atoms with van der Waals surface area (Å²) in [5, 5.41) is 31.4. The summed E-state index contributed by atoms with van der Waals surface area (Å²) in [6, 6.07) is -0.505. The molecule has 0 fully saturated rings. The van der Waals surface area contributed by atoms with Crippen molar-refractivity contribution in [1.82, 2.24) is 15.5 Å². The number of anilines is 1. The van der Waals surface area contributed by atoms with Crippen molar-refractivity contribution in [3.63, 3.8) is 0 Å². The Labute approximate surface area is 120 Å². The molecule has 0 aromatic carbocycles. The number of carbonyl (C=O) groups excluding carboxylic acids is 1. The second kappa shape index (κ2) is 7.75. The maximum absolute atomic E-state index is 11.5. The first kappa shape index (κ1) is 16.3. The maximum atomic E-state index is 11.5. The standard InChI is InChI=1S/C11H18N4O4S/c1-6(2)5-8-14-15-11(20-8)13-10(19)12-4-3-7(16)9(17)18/h6-7,16H,3-5H2,1-2H3,(H,17,18)(H2,12,13,15,19). The van der Waals surface area contributed by atoms with Crippen molar-refractivity contribution in [3.05, 3.63) is 5.01 Å². The fourth-order valence-electron chi connectivity index (χ4n) is 1.32. The number of aliphatic hydroxyl groups is 1. The number of urea groups is 1. The molecular weight excluding hydrogens is 284 g/mol. The molecule has 112 valence electrons. The van der Waals surface area contributed by atoms with Gasteiger partial charge in [0.05, 0.1) is 0 Å². The van der Waals surface area contributed by atoms with Crippen LogP contribution < -0.4 is 10.6 Å². The average molecular weight is 302 g/mol. The number of carboxylic acid groups (broad SMARTS) is 1. The van der Waals surface area contributed by atoms with Crippen molar-refractivity contribution in [2.45, 2.75) is 32.8 Å². The molecule has 8 nitrogen and oxygen atoms in total. The third-order valence-electron chi connectivity index (χ3n) is 2.26. The number of rotatable bonds is 7. The van der Waals surface area contributed by atoms with Crippen molar-refractivity contribution in [3.8, 4) is 0 Å². The number of aliphatic hydroxyl groups excluding tert-OH is 1. The molecule has 0 aliphatic heterocycles. The van der Waals surface area contributed by atoms with Crippen molar-refractivity contribution < 1.29 is 19.8 Å². The minimum Gasteiger partial charge on any atom is -0.479 e. The zero-order valence-electron chi connectivity index (χ0n) is 11.3. The first-order valence-corrected chi connectivity index (χ1v) is 6.98. The van der Waals surface area contributed by atoms with Crippen LogP contribution in [0.25, 0.3) is 0 Å². The SMILES string of the molecule is CC(C)Cc1nnc(NC(=O)NCCC(O)C(=O)O)s1. The highest BCUT2D eigenvalue weighted by molar-refractivity contribution is 7.15. The Morgan fingerprint density at radius 1 is 1.35 bits per heavy atom. The van der Waals surface area contributed by atoms with E-state index >= 15 is 0 Å². The summed E-state index contributed by atoms with van der Waals surface area (Å²) in [5.41, 5.74) is 0. The van der Waals surface area contributed by atoms with Crippen LogP contribution in [0.15, 0.2) is 0 Å². The van der Waals surface area contributed by atoms with Crippen molar-refractivity contribution in [2.75, 3.05) is 11.9 Å². The van der Waals surface area contributed by atoms with Crippen LogP contribution in [-0.2, 0) is 11.2 Å². The van der Waals surface area contributed by atoms with Gasteiger partial charge in [0.25, 0.3) is 0 Å². The summed E-state index contributed by atoms with van der Waals surface area (Å²) in [7, 11) is 0. The molecule has 0 aliphatic carbocycles. The number of aliphatic carboxylic acids is 1. The molecule has 0 radical (unpaired) electrons. The second-order valence-corrected chi connectivity index (χ2v) is 5.68. The molecule has 4 N–H and O–H groups in total. The van der Waals surface area contributed by atoms with Gasteiger partial charge in [0.1, 0.15) is 5.01 Å². The average Bonchev–Trinajstić information content (AvgIpc) is 2.75. The predicted octanol–water partition coefficient (Wildman–Crippen LogP) is 0.694. The Bertz CT molecular complexity index is 463. The van der Waals surface area contributed by atoms with E-state index in [-0.39, 0.29) is 13.0 Å². The third-order valence-corrected chi connectivity index (χ3v) is 3.12. The van der Waals surface area contributed by atoms with Crippen molar-refractivity contribution in [1.29, 1.82) is 0 Å². The Kier molecular flexibility index (Phi) is 6.32. The van der Waals surface area contributed by atoms with Crippen molar-refractivity contribution >= 4 is 28.5 Å². The van der Waals surface area contributed by atoms with Crippen LogP contribution in [0.3, 0.4) is 0 Å². The summed E-state index contributed by atoms with van der Waals surface area (Å²) in [5.74, 6) is -0.850. The highest BCUT2D eigenvalue weighted by Gasteiger charge is 2.13. The topological polar surface area (TPSA) is 124 Å². The molecule has 0 saturated heterocycles. The lowest BCUT2D eigenvalue weighted by molar-refractivity contribution is -0.146. The molecule has 1 aromatic rings. The quantitative estimate of drug-likeness (QED) is 0.587. The van der Waals surface area contributed by atoms with E-state index in [1.807, 2.05) is 0 Å². The molecule has 1 aromatic heterocycles. The summed E-state index contributed by atoms with van der Waals surface area (Å²) in [6.45, 7) is 4.18. The number of aromatic nitrogens is 2. The van der Waals surface area contributed by atoms with Crippen LogP contribution in [0.5, 0.6) is 0 Å². The Hall–Kier alpha value is -1.74. The first-order chi connectivity index (χ1) is 9.38. The lowest BCUT2D eigenvalue weighted by atomic mass is 10.1. The molecule has 2 amide bonds. The predicted molar refractivity (Wildman–Crippen MR) is 73.7 cm³/mol. The van der Waals surface area contributed by atoms with E-state index in [0.717, 1.165) is 11.4 Å². The molecule has 1 unspecified atom stereocenters. The summed E-state index contributed by atoms with van der Waals surface area (Å²) in [4.78, 5) is 21.8. The Morgan fingerprint density at radius 3 is 2.65 bits per heavy atom. The van der Waals surface area contributed by atoms with Crippen LogP contribution in [0.4, 0.5) is 9.93 Å². The van der Waals surface area contributed by atoms with Crippen molar-refractivity contribution in [2.24, 2.45) is 5.92 Å². The van der Waals surface area contributed by atoms with E-state index in [1.165, 1.54) is 11.3 Å². The van der Waals surface area contributed by atoms with Gasteiger partial charge in [0.15, 0.2) is 6.10 Å². The second-order valence-electron chi connectivity index (χ2n) is 4.62. The van der Waals surface area contributed by atoms with E-state index in [0.29, 0.717) is 11.0 Å². The number of carbonyl (C=O) groups is 2. The molecule has 0 spiro atoms. The minimum absolute atomic E-state index is 0.0525. The molecule has 0 aliphatic rings. The van der Waals surface area contributed by atoms with E-state index in [2.05, 4.69) is 34.7 Å². The number of carboxylic acids is 1. The van der Waals surface area contributed by atoms with E-state index < -0.39 is 18.1 Å². The van der Waals surface area contributed by atoms with Crippen LogP contribution in [0.1, 0.15) is 25.3 Å². The van der Waals surface area contributed by atoms with Gasteiger partial charge in [-0.2, -0.15) is 0 Å². The van der Waals surface area contributed by atoms with Crippen LogP contribution in [-0.4, -0.2) is 45.1 Å². The maximum Gasteiger partial charge on any atom is 0.332 e. The van der Waals surface area contributed by atoms with Gasteiger partial charge in [0, 0.05) is 19.4 Å². The van der Waals surface area contributed by atoms with Gasteiger partial charge in [0.2, 0.25) is 5.13 Å². The molecule has 1 rings (SSSR count). The number of amides is 2. The van der Waals surface area contributed by atoms with E-state index in [9.17, 15) is 9.59 Å². The number of nitrogens with one attached hydrogen (secondary N) is 2. The molecule has 1 heterocycles. The van der Waals surface area contributed by atoms with E-state index in [4.69, 9.17) is 10.2 Å². The van der Waals surface area contributed by atoms with Gasteiger partial charge in [-0.3, -0.25) is 5.32 Å². The zero-order chi connectivity index (χ0) is 15.1. The molecule has 0 bridgehead atoms. The number of nitrogens with zero attached hydrogens (tertiary/aromatic N) is 2. The minimum atomic E-state index is -1.48. The lowest BCUT2D eigenvalue weighted by Crippen LogP contribution is -2.33. The lowest BCUT2D eigenvalue weighted by Gasteiger charge is -2.07. The monoisotopic (exact) mass is 302 g/mol. The number of hydrogen-bond donors (Lipinski definition) is 4. The van der Waals surface area contributed by atoms with Gasteiger partial charge in [-0.25, -0.2) is 9.59 Å². The first-order valence-electron chi connectivity index (χ1n) is 6.16. The molecule has 20 heavy (non-hydrogen) atoms. The van der Waals surface area contributed by atoms with Gasteiger partial charge in [-0.1, -0.05) is 25.2 Å².